The van der Waals surface area contributed by atoms with E-state index in [1.165, 1.54) is 16.7 Å². The van der Waals surface area contributed by atoms with Gasteiger partial charge in [0.25, 0.3) is 5.09 Å². The number of hydrogen-bond donors (Lipinski definition) is 0. The van der Waals surface area contributed by atoms with Crippen LogP contribution in [0.15, 0.2) is 0 Å². The van der Waals surface area contributed by atoms with Crippen molar-refractivity contribution in [1.82, 2.24) is 4.90 Å². The van der Waals surface area contributed by atoms with E-state index < -0.39 is 17.1 Å². The van der Waals surface area contributed by atoms with Crippen LogP contribution in [0.4, 0.5) is 0 Å². The van der Waals surface area contributed by atoms with Gasteiger partial charge < -0.3 is 14.5 Å². The zero-order chi connectivity index (χ0) is 20.9. The third-order valence-electron chi connectivity index (χ3n) is 4.44. The van der Waals surface area contributed by atoms with Crippen LogP contribution in [0.3, 0.4) is 0 Å². The summed E-state index contributed by atoms with van der Waals surface area (Å²) in [5.41, 5.74) is 0. The Morgan fingerprint density at radius 3 is 2.68 bits per heavy atom. The van der Waals surface area contributed by atoms with Crippen molar-refractivity contribution in [2.24, 2.45) is 5.92 Å². The average molecular weight is 419 g/mol. The van der Waals surface area contributed by atoms with Crippen molar-refractivity contribution in [1.29, 1.82) is 0 Å². The maximum Gasteiger partial charge on any atom is 0.328 e. The molecule has 0 bridgehead atoms. The van der Waals surface area contributed by atoms with Gasteiger partial charge in [0.1, 0.15) is 6.04 Å². The molecule has 0 spiro atoms. The Kier molecular flexibility index (Phi) is 11.5. The number of thioether (sulfide) groups is 1. The first-order chi connectivity index (χ1) is 13.4. The third kappa shape index (κ3) is 8.90. The number of rotatable bonds is 13. The maximum absolute atomic E-state index is 12.7. The lowest BCUT2D eigenvalue weighted by atomic mass is 10.1. The highest BCUT2D eigenvalue weighted by Gasteiger charge is 2.36. The first kappa shape index (κ1) is 24.2. The monoisotopic (exact) mass is 418 g/mol. The van der Waals surface area contributed by atoms with Gasteiger partial charge in [-0.3, -0.25) is 9.59 Å². The van der Waals surface area contributed by atoms with E-state index in [4.69, 9.17) is 4.74 Å². The first-order valence-corrected chi connectivity index (χ1v) is 10.7. The molecule has 0 saturated carbocycles. The Balaban J connectivity index is 2.38. The lowest BCUT2D eigenvalue weighted by Crippen LogP contribution is -2.44. The molecule has 0 radical (unpaired) electrons. The van der Waals surface area contributed by atoms with Gasteiger partial charge in [-0.1, -0.05) is 38.5 Å². The molecule has 1 aliphatic heterocycles. The van der Waals surface area contributed by atoms with Gasteiger partial charge in [-0.15, -0.1) is 10.1 Å². The molecule has 0 aromatic rings. The second kappa shape index (κ2) is 13.4. The molecular formula is C18H30N2O7S. The highest BCUT2D eigenvalue weighted by molar-refractivity contribution is 8.13. The van der Waals surface area contributed by atoms with Crippen LogP contribution in [-0.4, -0.2) is 58.5 Å². The largest absolute Gasteiger partial charge is 0.464 e. The molecule has 0 unspecified atom stereocenters. The van der Waals surface area contributed by atoms with Crippen molar-refractivity contribution in [3.05, 3.63) is 10.1 Å². The number of amides is 1. The fraction of sp³-hybridized carbons (Fsp3) is 0.833. The Morgan fingerprint density at radius 2 is 2.00 bits per heavy atom. The summed E-state index contributed by atoms with van der Waals surface area (Å²) in [6.45, 7) is 4.19. The van der Waals surface area contributed by atoms with Crippen LogP contribution in [0, 0.1) is 16.0 Å². The average Bonchev–Trinajstić information content (AvgIpc) is 3.14. The normalized spacial score (nSPS) is 17.2. The zero-order valence-electron chi connectivity index (χ0n) is 16.6. The number of carbonyl (C=O) groups excluding carboxylic acids is 3. The molecule has 1 heterocycles. The lowest BCUT2D eigenvalue weighted by molar-refractivity contribution is -0.757. The summed E-state index contributed by atoms with van der Waals surface area (Å²) in [6, 6.07) is -0.628. The third-order valence-corrected chi connectivity index (χ3v) is 5.63. The Hall–Kier alpha value is -1.84. The van der Waals surface area contributed by atoms with E-state index in [0.29, 0.717) is 31.6 Å². The summed E-state index contributed by atoms with van der Waals surface area (Å²) in [4.78, 5) is 52.5. The number of likely N-dealkylation sites (tertiary alicyclic amines) is 1. The van der Waals surface area contributed by atoms with Crippen LogP contribution in [0.2, 0.25) is 0 Å². The molecule has 0 aromatic heterocycles. The minimum atomic E-state index is -0.896. The highest BCUT2D eigenvalue weighted by atomic mass is 32.2. The summed E-state index contributed by atoms with van der Waals surface area (Å²) in [6.07, 6.45) is 4.94. The molecule has 0 aromatic carbocycles. The standard InChI is InChI=1S/C18H30N2O7S/c1-3-4-5-9-16(21)28-13-14(2)17(22)19-10-6-8-15(19)18(23)26-11-7-12-27-20(24)25/h14-15H,3-13H2,1-2H3/t14-,15+/m1/s1. The van der Waals surface area contributed by atoms with Crippen molar-refractivity contribution in [2.45, 2.75) is 64.8 Å². The van der Waals surface area contributed by atoms with Gasteiger partial charge in [0.05, 0.1) is 13.2 Å². The molecule has 160 valence electrons. The number of hydrogen-bond acceptors (Lipinski definition) is 8. The number of nitrogens with zero attached hydrogens (tertiary/aromatic N) is 2. The Morgan fingerprint density at radius 1 is 1.25 bits per heavy atom. The lowest BCUT2D eigenvalue weighted by Gasteiger charge is -2.26. The Labute approximate surface area is 169 Å². The predicted molar refractivity (Wildman–Crippen MR) is 104 cm³/mol. The van der Waals surface area contributed by atoms with Crippen molar-refractivity contribution in [2.75, 3.05) is 25.5 Å². The molecule has 1 fully saturated rings. The van der Waals surface area contributed by atoms with Crippen molar-refractivity contribution in [3.63, 3.8) is 0 Å². The van der Waals surface area contributed by atoms with E-state index >= 15 is 0 Å². The Bertz CT molecular complexity index is 544. The molecule has 10 heteroatoms. The number of ether oxygens (including phenoxy) is 1. The van der Waals surface area contributed by atoms with Gasteiger partial charge in [-0.2, -0.15) is 0 Å². The van der Waals surface area contributed by atoms with Crippen LogP contribution in [0.25, 0.3) is 0 Å². The van der Waals surface area contributed by atoms with Crippen LogP contribution in [-0.2, 0) is 24.0 Å². The van der Waals surface area contributed by atoms with Crippen molar-refractivity contribution >= 4 is 28.8 Å². The van der Waals surface area contributed by atoms with Gasteiger partial charge in [0.15, 0.2) is 5.12 Å². The van der Waals surface area contributed by atoms with Crippen LogP contribution in [0.5, 0.6) is 0 Å². The zero-order valence-corrected chi connectivity index (χ0v) is 17.4. The van der Waals surface area contributed by atoms with Crippen molar-refractivity contribution in [3.8, 4) is 0 Å². The maximum atomic E-state index is 12.7. The minimum absolute atomic E-state index is 0.00285. The SMILES string of the molecule is CCCCCC(=O)SC[C@@H](C)C(=O)N1CCC[C@H]1C(=O)OCCCO[N+](=O)[O-]. The van der Waals surface area contributed by atoms with E-state index in [9.17, 15) is 24.5 Å². The summed E-state index contributed by atoms with van der Waals surface area (Å²) in [7, 11) is 0. The van der Waals surface area contributed by atoms with Crippen molar-refractivity contribution < 1.29 is 29.0 Å². The molecular weight excluding hydrogens is 388 g/mol. The van der Waals surface area contributed by atoms with Gasteiger partial charge in [-0.05, 0) is 19.3 Å². The molecule has 0 N–H and O–H groups in total. The van der Waals surface area contributed by atoms with Crippen LogP contribution in [0.1, 0.15) is 58.8 Å². The van der Waals surface area contributed by atoms with E-state index in [-0.39, 0.29) is 36.6 Å². The van der Waals surface area contributed by atoms with E-state index in [1.54, 1.807) is 6.92 Å². The van der Waals surface area contributed by atoms with Gasteiger partial charge in [0, 0.05) is 31.1 Å². The van der Waals surface area contributed by atoms with E-state index in [2.05, 4.69) is 11.8 Å². The molecule has 2 atom stereocenters. The van der Waals surface area contributed by atoms with Crippen LogP contribution >= 0.6 is 11.8 Å². The van der Waals surface area contributed by atoms with Gasteiger partial charge >= 0.3 is 5.97 Å². The molecule has 9 nitrogen and oxygen atoms in total. The topological polar surface area (TPSA) is 116 Å². The molecule has 0 aliphatic carbocycles. The summed E-state index contributed by atoms with van der Waals surface area (Å²) < 4.78 is 5.13. The summed E-state index contributed by atoms with van der Waals surface area (Å²) in [5, 5.41) is 9.26. The van der Waals surface area contributed by atoms with Gasteiger partial charge in [-0.25, -0.2) is 4.79 Å². The van der Waals surface area contributed by atoms with Gasteiger partial charge in [0.2, 0.25) is 5.91 Å². The molecule has 28 heavy (non-hydrogen) atoms. The van der Waals surface area contributed by atoms with E-state index in [1.807, 2.05) is 0 Å². The molecule has 1 saturated heterocycles. The second-order valence-corrected chi connectivity index (χ2v) is 7.89. The minimum Gasteiger partial charge on any atom is -0.464 e. The smallest absolute Gasteiger partial charge is 0.328 e. The number of unbranched alkanes of at least 4 members (excludes halogenated alkanes) is 2. The fourth-order valence-electron chi connectivity index (χ4n) is 2.91. The summed E-state index contributed by atoms with van der Waals surface area (Å²) >= 11 is 1.18. The van der Waals surface area contributed by atoms with E-state index in [0.717, 1.165) is 19.3 Å². The number of carbonyl (C=O) groups is 3. The number of esters is 1. The molecule has 1 rings (SSSR count). The predicted octanol–water partition coefficient (Wildman–Crippen LogP) is 2.60. The molecule has 1 amide bonds. The summed E-state index contributed by atoms with van der Waals surface area (Å²) in [5.74, 6) is -0.602. The first-order valence-electron chi connectivity index (χ1n) is 9.76. The fourth-order valence-corrected chi connectivity index (χ4v) is 3.77. The second-order valence-electron chi connectivity index (χ2n) is 6.81. The van der Waals surface area contributed by atoms with Crippen LogP contribution < -0.4 is 0 Å². The quantitative estimate of drug-likeness (QED) is 0.194. The highest BCUT2D eigenvalue weighted by Crippen LogP contribution is 2.23. The molecule has 1 aliphatic rings.